The van der Waals surface area contributed by atoms with Gasteiger partial charge in [0.1, 0.15) is 6.07 Å². The van der Waals surface area contributed by atoms with E-state index in [2.05, 4.69) is 10.0 Å². The van der Waals surface area contributed by atoms with Gasteiger partial charge >= 0.3 is 0 Å². The number of amides is 1. The van der Waals surface area contributed by atoms with Crippen LogP contribution in [0.4, 0.5) is 0 Å². The number of carbonyl (C=O) groups is 1. The van der Waals surface area contributed by atoms with Crippen LogP contribution in [0, 0.1) is 11.3 Å². The van der Waals surface area contributed by atoms with Crippen molar-refractivity contribution in [1.82, 2.24) is 10.0 Å². The lowest BCUT2D eigenvalue weighted by atomic mass is 10.2. The zero-order valence-electron chi connectivity index (χ0n) is 10.8. The van der Waals surface area contributed by atoms with Gasteiger partial charge < -0.3 is 5.32 Å². The third kappa shape index (κ3) is 3.79. The normalized spacial score (nSPS) is 14.6. The molecule has 2 N–H and O–H groups in total. The summed E-state index contributed by atoms with van der Waals surface area (Å²) in [6.07, 6.45) is 2.07. The first kappa shape index (κ1) is 14.5. The largest absolute Gasteiger partial charge is 0.353 e. The first-order chi connectivity index (χ1) is 9.53. The number of hydrogen-bond donors (Lipinski definition) is 2. The average Bonchev–Trinajstić information content (AvgIpc) is 3.22. The summed E-state index contributed by atoms with van der Waals surface area (Å²) in [5.74, 6) is -0.163. The van der Waals surface area contributed by atoms with E-state index in [0.717, 1.165) is 12.8 Å². The number of benzene rings is 1. The number of carbonyl (C=O) groups excluding carboxylic acids is 1. The van der Waals surface area contributed by atoms with Crippen molar-refractivity contribution in [2.24, 2.45) is 0 Å². The molecule has 1 aromatic carbocycles. The maximum absolute atomic E-state index is 12.0. The van der Waals surface area contributed by atoms with E-state index in [1.54, 1.807) is 12.1 Å². The van der Waals surface area contributed by atoms with Crippen LogP contribution in [0.25, 0.3) is 0 Å². The zero-order chi connectivity index (χ0) is 14.6. The van der Waals surface area contributed by atoms with Crippen LogP contribution in [-0.4, -0.2) is 26.9 Å². The summed E-state index contributed by atoms with van der Waals surface area (Å²) in [5.41, 5.74) is 0.0856. The van der Waals surface area contributed by atoms with E-state index in [4.69, 9.17) is 5.26 Å². The molecular weight excluding hydrogens is 278 g/mol. The van der Waals surface area contributed by atoms with Crippen molar-refractivity contribution in [3.05, 3.63) is 29.8 Å². The molecule has 1 aromatic rings. The molecule has 1 aliphatic rings. The SMILES string of the molecule is N#Cc1ccccc1S(=O)(=O)NCCC(=O)NC1CC1. The number of hydrogen-bond acceptors (Lipinski definition) is 4. The topological polar surface area (TPSA) is 99.1 Å². The van der Waals surface area contributed by atoms with Crippen molar-refractivity contribution in [2.45, 2.75) is 30.2 Å². The minimum absolute atomic E-state index is 0.0145. The van der Waals surface area contributed by atoms with E-state index < -0.39 is 10.0 Å². The van der Waals surface area contributed by atoms with Crippen LogP contribution in [0.3, 0.4) is 0 Å². The summed E-state index contributed by atoms with van der Waals surface area (Å²) in [7, 11) is -3.76. The fourth-order valence-electron chi connectivity index (χ4n) is 1.70. The highest BCUT2D eigenvalue weighted by Crippen LogP contribution is 2.18. The number of rotatable bonds is 6. The van der Waals surface area contributed by atoms with Gasteiger partial charge in [-0.25, -0.2) is 13.1 Å². The molecule has 0 aromatic heterocycles. The number of sulfonamides is 1. The van der Waals surface area contributed by atoms with Gasteiger partial charge in [0.15, 0.2) is 0 Å². The summed E-state index contributed by atoms with van der Waals surface area (Å²) in [5, 5.41) is 11.7. The maximum atomic E-state index is 12.0. The lowest BCUT2D eigenvalue weighted by molar-refractivity contribution is -0.121. The molecule has 0 heterocycles. The molecule has 0 atom stereocenters. The Balaban J connectivity index is 1.93. The molecule has 1 amide bonds. The Morgan fingerprint density at radius 3 is 2.70 bits per heavy atom. The van der Waals surface area contributed by atoms with Crippen LogP contribution < -0.4 is 10.0 Å². The number of nitriles is 1. The fraction of sp³-hybridized carbons (Fsp3) is 0.385. The molecule has 1 fully saturated rings. The molecule has 2 rings (SSSR count). The Bertz CT molecular complexity index is 645. The molecule has 0 saturated heterocycles. The maximum Gasteiger partial charge on any atom is 0.241 e. The second kappa shape index (κ2) is 6.03. The molecule has 0 spiro atoms. The Labute approximate surface area is 117 Å². The Kier molecular flexibility index (Phi) is 4.37. The van der Waals surface area contributed by atoms with Crippen molar-refractivity contribution in [1.29, 1.82) is 5.26 Å². The van der Waals surface area contributed by atoms with Crippen molar-refractivity contribution in [3.63, 3.8) is 0 Å². The van der Waals surface area contributed by atoms with E-state index in [1.165, 1.54) is 12.1 Å². The van der Waals surface area contributed by atoms with Crippen LogP contribution in [0.1, 0.15) is 24.8 Å². The molecule has 0 aliphatic heterocycles. The van der Waals surface area contributed by atoms with E-state index in [9.17, 15) is 13.2 Å². The van der Waals surface area contributed by atoms with Gasteiger partial charge in [-0.15, -0.1) is 0 Å². The quantitative estimate of drug-likeness (QED) is 0.798. The highest BCUT2D eigenvalue weighted by Gasteiger charge is 2.23. The molecule has 6 nitrogen and oxygen atoms in total. The highest BCUT2D eigenvalue weighted by atomic mass is 32.2. The Morgan fingerprint density at radius 1 is 1.35 bits per heavy atom. The number of nitrogens with one attached hydrogen (secondary N) is 2. The second-order valence-corrected chi connectivity index (χ2v) is 6.33. The highest BCUT2D eigenvalue weighted by molar-refractivity contribution is 7.89. The first-order valence-electron chi connectivity index (χ1n) is 6.31. The second-order valence-electron chi connectivity index (χ2n) is 4.60. The smallest absolute Gasteiger partial charge is 0.241 e. The van der Waals surface area contributed by atoms with Crippen LogP contribution >= 0.6 is 0 Å². The number of nitrogens with zero attached hydrogens (tertiary/aromatic N) is 1. The average molecular weight is 293 g/mol. The molecular formula is C13H15N3O3S. The van der Waals surface area contributed by atoms with Gasteiger partial charge in [-0.05, 0) is 25.0 Å². The van der Waals surface area contributed by atoms with Crippen molar-refractivity contribution >= 4 is 15.9 Å². The fourth-order valence-corrected chi connectivity index (χ4v) is 2.88. The van der Waals surface area contributed by atoms with Gasteiger partial charge in [0, 0.05) is 19.0 Å². The van der Waals surface area contributed by atoms with Crippen LogP contribution in [-0.2, 0) is 14.8 Å². The van der Waals surface area contributed by atoms with Gasteiger partial charge in [-0.2, -0.15) is 5.26 Å². The van der Waals surface area contributed by atoms with Crippen molar-refractivity contribution in [2.75, 3.05) is 6.54 Å². The summed E-state index contributed by atoms with van der Waals surface area (Å²) < 4.78 is 26.4. The van der Waals surface area contributed by atoms with E-state index in [1.807, 2.05) is 6.07 Å². The summed E-state index contributed by atoms with van der Waals surface area (Å²) in [6.45, 7) is 0.0145. The lowest BCUT2D eigenvalue weighted by Crippen LogP contribution is -2.32. The van der Waals surface area contributed by atoms with E-state index >= 15 is 0 Å². The van der Waals surface area contributed by atoms with Gasteiger partial charge in [0.05, 0.1) is 10.5 Å². The van der Waals surface area contributed by atoms with E-state index in [0.29, 0.717) is 0 Å². The standard InChI is InChI=1S/C13H15N3O3S/c14-9-10-3-1-2-4-12(10)20(18,19)15-8-7-13(17)16-11-5-6-11/h1-4,11,15H,5-8H2,(H,16,17). The van der Waals surface area contributed by atoms with Crippen molar-refractivity contribution in [3.8, 4) is 6.07 Å². The third-order valence-electron chi connectivity index (χ3n) is 2.88. The van der Waals surface area contributed by atoms with Crippen LogP contribution in [0.5, 0.6) is 0 Å². The molecule has 1 saturated carbocycles. The van der Waals surface area contributed by atoms with E-state index in [-0.39, 0.29) is 35.4 Å². The zero-order valence-corrected chi connectivity index (χ0v) is 11.6. The monoisotopic (exact) mass is 293 g/mol. The van der Waals surface area contributed by atoms with Crippen LogP contribution in [0.2, 0.25) is 0 Å². The Hall–Kier alpha value is -1.91. The molecule has 106 valence electrons. The molecule has 1 aliphatic carbocycles. The van der Waals surface area contributed by atoms with Crippen molar-refractivity contribution < 1.29 is 13.2 Å². The van der Waals surface area contributed by atoms with Gasteiger partial charge in [0.2, 0.25) is 15.9 Å². The lowest BCUT2D eigenvalue weighted by Gasteiger charge is -2.08. The Morgan fingerprint density at radius 2 is 2.05 bits per heavy atom. The molecule has 7 heteroatoms. The minimum atomic E-state index is -3.76. The summed E-state index contributed by atoms with van der Waals surface area (Å²) in [6, 6.07) is 8.05. The molecule has 20 heavy (non-hydrogen) atoms. The predicted molar refractivity (Wildman–Crippen MR) is 72.1 cm³/mol. The summed E-state index contributed by atoms with van der Waals surface area (Å²) in [4.78, 5) is 11.4. The summed E-state index contributed by atoms with van der Waals surface area (Å²) >= 11 is 0. The minimum Gasteiger partial charge on any atom is -0.353 e. The molecule has 0 bridgehead atoms. The molecule has 0 radical (unpaired) electrons. The van der Waals surface area contributed by atoms with Gasteiger partial charge in [-0.3, -0.25) is 4.79 Å². The predicted octanol–water partition coefficient (Wildman–Crippen LogP) is 0.505. The van der Waals surface area contributed by atoms with Gasteiger partial charge in [0.25, 0.3) is 0 Å². The molecule has 0 unspecified atom stereocenters. The van der Waals surface area contributed by atoms with Crippen LogP contribution in [0.15, 0.2) is 29.2 Å². The van der Waals surface area contributed by atoms with Gasteiger partial charge in [-0.1, -0.05) is 12.1 Å². The third-order valence-corrected chi connectivity index (χ3v) is 4.40. The first-order valence-corrected chi connectivity index (χ1v) is 7.79.